The van der Waals surface area contributed by atoms with Crippen molar-refractivity contribution in [1.29, 1.82) is 0 Å². The van der Waals surface area contributed by atoms with Crippen molar-refractivity contribution in [2.24, 2.45) is 0 Å². The third-order valence-electron chi connectivity index (χ3n) is 4.49. The van der Waals surface area contributed by atoms with E-state index in [4.69, 9.17) is 4.42 Å². The molecular formula is C21H18N4O3S. The van der Waals surface area contributed by atoms with E-state index in [9.17, 15) is 10.1 Å². The number of benzene rings is 2. The van der Waals surface area contributed by atoms with Gasteiger partial charge in [-0.25, -0.2) is 0 Å². The molecule has 0 aliphatic rings. The average Bonchev–Trinajstić information content (AvgIpc) is 3.38. The number of furan rings is 1. The van der Waals surface area contributed by atoms with Gasteiger partial charge in [-0.3, -0.25) is 14.7 Å². The molecule has 2 heterocycles. The Kier molecular flexibility index (Phi) is 5.44. The highest BCUT2D eigenvalue weighted by Gasteiger charge is 2.17. The lowest BCUT2D eigenvalue weighted by molar-refractivity contribution is -0.384. The molecule has 0 amide bonds. The first-order valence-electron chi connectivity index (χ1n) is 8.99. The van der Waals surface area contributed by atoms with E-state index in [0.717, 1.165) is 33.4 Å². The van der Waals surface area contributed by atoms with Crippen LogP contribution < -0.4 is 0 Å². The molecule has 29 heavy (non-hydrogen) atoms. The van der Waals surface area contributed by atoms with Crippen LogP contribution in [0.1, 0.15) is 16.9 Å². The molecule has 0 fully saturated rings. The van der Waals surface area contributed by atoms with Gasteiger partial charge < -0.3 is 4.42 Å². The number of nitrogens with zero attached hydrogens (tertiary/aromatic N) is 4. The van der Waals surface area contributed by atoms with Crippen LogP contribution in [0.5, 0.6) is 0 Å². The van der Waals surface area contributed by atoms with Crippen molar-refractivity contribution in [3.05, 3.63) is 93.9 Å². The lowest BCUT2D eigenvalue weighted by Gasteiger charge is -2.10. The van der Waals surface area contributed by atoms with Crippen LogP contribution in [0.3, 0.4) is 0 Å². The van der Waals surface area contributed by atoms with Crippen LogP contribution in [0.15, 0.2) is 76.5 Å². The normalized spacial score (nSPS) is 10.9. The maximum atomic E-state index is 11.0. The zero-order valence-electron chi connectivity index (χ0n) is 15.7. The molecule has 0 aliphatic carbocycles. The second-order valence-electron chi connectivity index (χ2n) is 6.50. The van der Waals surface area contributed by atoms with E-state index in [0.29, 0.717) is 12.3 Å². The van der Waals surface area contributed by atoms with E-state index in [1.54, 1.807) is 18.4 Å². The van der Waals surface area contributed by atoms with Crippen molar-refractivity contribution in [3.8, 4) is 11.4 Å². The van der Waals surface area contributed by atoms with E-state index in [1.807, 2.05) is 54.0 Å². The van der Waals surface area contributed by atoms with Gasteiger partial charge in [-0.05, 0) is 30.2 Å². The van der Waals surface area contributed by atoms with Crippen LogP contribution in [0.25, 0.3) is 11.4 Å². The van der Waals surface area contributed by atoms with Gasteiger partial charge in [-0.2, -0.15) is 0 Å². The summed E-state index contributed by atoms with van der Waals surface area (Å²) < 4.78 is 7.54. The van der Waals surface area contributed by atoms with Crippen molar-refractivity contribution < 1.29 is 9.34 Å². The van der Waals surface area contributed by atoms with Crippen LogP contribution in [0.2, 0.25) is 0 Å². The molecule has 4 rings (SSSR count). The third-order valence-corrected chi connectivity index (χ3v) is 5.52. The summed E-state index contributed by atoms with van der Waals surface area (Å²) in [6.45, 7) is 2.54. The molecule has 0 aliphatic heterocycles. The monoisotopic (exact) mass is 406 g/mol. The molecule has 7 nitrogen and oxygen atoms in total. The Bertz CT molecular complexity index is 1140. The van der Waals surface area contributed by atoms with Crippen LogP contribution >= 0.6 is 11.8 Å². The van der Waals surface area contributed by atoms with Gasteiger partial charge in [0.25, 0.3) is 5.69 Å². The summed E-state index contributed by atoms with van der Waals surface area (Å²) in [5, 5.41) is 20.6. The second kappa shape index (κ2) is 8.32. The van der Waals surface area contributed by atoms with E-state index >= 15 is 0 Å². The summed E-state index contributed by atoms with van der Waals surface area (Å²) >= 11 is 1.49. The fourth-order valence-corrected chi connectivity index (χ4v) is 3.91. The first-order valence-corrected chi connectivity index (χ1v) is 9.98. The molecule has 0 N–H and O–H groups in total. The number of hydrogen-bond acceptors (Lipinski definition) is 6. The summed E-state index contributed by atoms with van der Waals surface area (Å²) in [5.41, 5.74) is 3.06. The number of rotatable bonds is 7. The molecule has 0 saturated carbocycles. The Morgan fingerprint density at radius 3 is 2.72 bits per heavy atom. The zero-order valence-corrected chi connectivity index (χ0v) is 16.5. The lowest BCUT2D eigenvalue weighted by atomic mass is 10.1. The highest BCUT2D eigenvalue weighted by molar-refractivity contribution is 7.98. The van der Waals surface area contributed by atoms with E-state index in [-0.39, 0.29) is 10.6 Å². The fourth-order valence-electron chi connectivity index (χ4n) is 3.03. The van der Waals surface area contributed by atoms with E-state index < -0.39 is 0 Å². The number of nitro benzene ring substituents is 1. The summed E-state index contributed by atoms with van der Waals surface area (Å²) in [7, 11) is 0. The third kappa shape index (κ3) is 4.22. The Morgan fingerprint density at radius 1 is 1.10 bits per heavy atom. The molecule has 146 valence electrons. The summed E-state index contributed by atoms with van der Waals surface area (Å²) in [6.07, 6.45) is 1.64. The van der Waals surface area contributed by atoms with Crippen molar-refractivity contribution >= 4 is 17.4 Å². The quantitative estimate of drug-likeness (QED) is 0.241. The topological polar surface area (TPSA) is 87.0 Å². The number of non-ortho nitro benzene ring substituents is 1. The first-order chi connectivity index (χ1) is 14.1. The molecule has 2 aromatic heterocycles. The van der Waals surface area contributed by atoms with Crippen LogP contribution in [-0.2, 0) is 12.3 Å². The average molecular weight is 406 g/mol. The van der Waals surface area contributed by atoms with Crippen molar-refractivity contribution in [1.82, 2.24) is 14.8 Å². The van der Waals surface area contributed by atoms with Crippen molar-refractivity contribution in [2.75, 3.05) is 0 Å². The van der Waals surface area contributed by atoms with Gasteiger partial charge in [-0.15, -0.1) is 10.2 Å². The first kappa shape index (κ1) is 18.9. The van der Waals surface area contributed by atoms with E-state index in [2.05, 4.69) is 10.2 Å². The minimum atomic E-state index is -0.385. The largest absolute Gasteiger partial charge is 0.467 e. The number of aromatic nitrogens is 3. The highest BCUT2D eigenvalue weighted by atomic mass is 32.2. The standard InChI is InChI=1S/C21H18N4O3S/c1-15-6-2-3-10-19(15)20-22-23-21(24(20)13-18-9-5-11-28-18)29-14-16-7-4-8-17(12-16)25(26)27/h2-12H,13-14H2,1H3. The second-order valence-corrected chi connectivity index (χ2v) is 7.44. The molecule has 0 spiro atoms. The molecule has 2 aromatic carbocycles. The number of aryl methyl sites for hydroxylation is 1. The van der Waals surface area contributed by atoms with Crippen LogP contribution in [0, 0.1) is 17.0 Å². The zero-order chi connectivity index (χ0) is 20.2. The highest BCUT2D eigenvalue weighted by Crippen LogP contribution is 2.29. The van der Waals surface area contributed by atoms with Gasteiger partial charge >= 0.3 is 0 Å². The predicted octanol–water partition coefficient (Wildman–Crippen LogP) is 5.10. The number of nitro groups is 1. The Labute approximate surface area is 171 Å². The van der Waals surface area contributed by atoms with Crippen LogP contribution in [0.4, 0.5) is 5.69 Å². The summed E-state index contributed by atoms with van der Waals surface area (Å²) in [5.74, 6) is 2.11. The maximum absolute atomic E-state index is 11.0. The molecule has 0 bridgehead atoms. The van der Waals surface area contributed by atoms with Gasteiger partial charge in [0.15, 0.2) is 11.0 Å². The Morgan fingerprint density at radius 2 is 1.97 bits per heavy atom. The SMILES string of the molecule is Cc1ccccc1-c1nnc(SCc2cccc([N+](=O)[O-])c2)n1Cc1ccco1. The molecule has 4 aromatic rings. The van der Waals surface area contributed by atoms with Gasteiger partial charge in [-0.1, -0.05) is 48.2 Å². The molecule has 0 saturated heterocycles. The van der Waals surface area contributed by atoms with Crippen molar-refractivity contribution in [3.63, 3.8) is 0 Å². The van der Waals surface area contributed by atoms with Gasteiger partial charge in [0.2, 0.25) is 0 Å². The molecule has 0 atom stereocenters. The Hall–Kier alpha value is -3.39. The minimum Gasteiger partial charge on any atom is -0.467 e. The van der Waals surface area contributed by atoms with Crippen LogP contribution in [-0.4, -0.2) is 19.7 Å². The van der Waals surface area contributed by atoms with Gasteiger partial charge in [0, 0.05) is 23.4 Å². The van der Waals surface area contributed by atoms with E-state index in [1.165, 1.54) is 17.8 Å². The lowest BCUT2D eigenvalue weighted by Crippen LogP contribution is -2.04. The summed E-state index contributed by atoms with van der Waals surface area (Å²) in [6, 6.07) is 18.4. The van der Waals surface area contributed by atoms with Gasteiger partial charge in [0.1, 0.15) is 5.76 Å². The van der Waals surface area contributed by atoms with Crippen molar-refractivity contribution in [2.45, 2.75) is 24.4 Å². The molecular weight excluding hydrogens is 388 g/mol. The maximum Gasteiger partial charge on any atom is 0.269 e. The predicted molar refractivity (Wildman–Crippen MR) is 111 cm³/mol. The Balaban J connectivity index is 1.65. The molecule has 8 heteroatoms. The number of hydrogen-bond donors (Lipinski definition) is 0. The molecule has 0 radical (unpaired) electrons. The molecule has 0 unspecified atom stereocenters. The number of thioether (sulfide) groups is 1. The summed E-state index contributed by atoms with van der Waals surface area (Å²) in [4.78, 5) is 10.6. The fraction of sp³-hybridized carbons (Fsp3) is 0.143. The minimum absolute atomic E-state index is 0.0840. The smallest absolute Gasteiger partial charge is 0.269 e. The van der Waals surface area contributed by atoms with Gasteiger partial charge in [0.05, 0.1) is 17.7 Å².